The van der Waals surface area contributed by atoms with Crippen molar-refractivity contribution in [3.63, 3.8) is 0 Å². The summed E-state index contributed by atoms with van der Waals surface area (Å²) >= 11 is 0. The second-order valence-corrected chi connectivity index (χ2v) is 8.99. The van der Waals surface area contributed by atoms with Crippen LogP contribution in [0.1, 0.15) is 50.5 Å². The van der Waals surface area contributed by atoms with Gasteiger partial charge in [-0.15, -0.1) is 0 Å². The molecule has 0 amide bonds. The summed E-state index contributed by atoms with van der Waals surface area (Å²) in [4.78, 5) is 0. The first-order valence-corrected chi connectivity index (χ1v) is 10.6. The molecule has 0 spiro atoms. The highest BCUT2D eigenvalue weighted by Crippen LogP contribution is 2.24. The van der Waals surface area contributed by atoms with Gasteiger partial charge in [-0.1, -0.05) is 68.7 Å². The zero-order chi connectivity index (χ0) is 17.0. The van der Waals surface area contributed by atoms with Crippen molar-refractivity contribution in [2.45, 2.75) is 44.9 Å². The summed E-state index contributed by atoms with van der Waals surface area (Å²) in [5.41, 5.74) is 1.08. The number of sulfonamides is 1. The van der Waals surface area contributed by atoms with Crippen LogP contribution in [-0.4, -0.2) is 20.7 Å². The molecule has 0 saturated heterocycles. The first kappa shape index (κ1) is 17.4. The van der Waals surface area contributed by atoms with Crippen LogP contribution < -0.4 is 4.72 Å². The molecule has 2 aromatic carbocycles. The van der Waals surface area contributed by atoms with Gasteiger partial charge in [-0.05, 0) is 41.0 Å². The number of hydrogen-bond donors (Lipinski definition) is 1. The van der Waals surface area contributed by atoms with E-state index in [9.17, 15) is 8.42 Å². The van der Waals surface area contributed by atoms with Crippen molar-refractivity contribution in [3.8, 4) is 0 Å². The predicted molar refractivity (Wildman–Crippen MR) is 101 cm³/mol. The third-order valence-corrected chi connectivity index (χ3v) is 6.67. The molecule has 3 rings (SSSR count). The fourth-order valence-electron chi connectivity index (χ4n) is 3.63. The molecule has 1 saturated carbocycles. The van der Waals surface area contributed by atoms with Gasteiger partial charge in [0.1, 0.15) is 0 Å². The van der Waals surface area contributed by atoms with Gasteiger partial charge in [0.25, 0.3) is 0 Å². The lowest BCUT2D eigenvalue weighted by molar-refractivity contribution is 0.357. The summed E-state index contributed by atoms with van der Waals surface area (Å²) in [6, 6.07) is 14.4. The first-order valence-electron chi connectivity index (χ1n) is 8.99. The summed E-state index contributed by atoms with van der Waals surface area (Å²) in [6.07, 6.45) is 6.08. The molecule has 0 bridgehead atoms. The number of rotatable bonds is 6. The van der Waals surface area contributed by atoms with Gasteiger partial charge >= 0.3 is 0 Å². The number of hydrogen-bond acceptors (Lipinski definition) is 2. The Hall–Kier alpha value is -1.39. The van der Waals surface area contributed by atoms with Gasteiger partial charge in [0.2, 0.25) is 10.0 Å². The Morgan fingerprint density at radius 1 is 1.04 bits per heavy atom. The fourth-order valence-corrected chi connectivity index (χ4v) is 5.09. The van der Waals surface area contributed by atoms with Crippen LogP contribution in [-0.2, 0) is 10.0 Å². The van der Waals surface area contributed by atoms with Gasteiger partial charge < -0.3 is 0 Å². The molecule has 24 heavy (non-hydrogen) atoms. The Morgan fingerprint density at radius 2 is 1.75 bits per heavy atom. The Balaban J connectivity index is 1.62. The summed E-state index contributed by atoms with van der Waals surface area (Å²) in [7, 11) is -3.23. The zero-order valence-corrected chi connectivity index (χ0v) is 15.2. The number of fused-ring (bicyclic) bond motifs is 1. The third kappa shape index (κ3) is 4.58. The summed E-state index contributed by atoms with van der Waals surface area (Å²) in [6.45, 7) is 2.59. The predicted octanol–water partition coefficient (Wildman–Crippen LogP) is 4.44. The van der Waals surface area contributed by atoms with E-state index in [2.05, 4.69) is 29.0 Å². The van der Waals surface area contributed by atoms with E-state index in [4.69, 9.17) is 0 Å². The normalized spacial score (nSPS) is 17.9. The van der Waals surface area contributed by atoms with E-state index in [1.165, 1.54) is 24.6 Å². The minimum atomic E-state index is -3.23. The maximum Gasteiger partial charge on any atom is 0.212 e. The van der Waals surface area contributed by atoms with Crippen molar-refractivity contribution in [2.75, 3.05) is 12.3 Å². The van der Waals surface area contributed by atoms with E-state index in [0.717, 1.165) is 23.8 Å². The first-order chi connectivity index (χ1) is 11.5. The highest BCUT2D eigenvalue weighted by Gasteiger charge is 2.20. The zero-order valence-electron chi connectivity index (χ0n) is 14.4. The average molecular weight is 346 g/mol. The van der Waals surface area contributed by atoms with E-state index in [1.807, 2.05) is 25.1 Å². The molecule has 1 aliphatic rings. The topological polar surface area (TPSA) is 46.2 Å². The molecule has 3 nitrogen and oxygen atoms in total. The molecule has 0 heterocycles. The minimum Gasteiger partial charge on any atom is -0.215 e. The van der Waals surface area contributed by atoms with E-state index in [0.29, 0.717) is 12.5 Å². The highest BCUT2D eigenvalue weighted by atomic mass is 32.2. The Labute approximate surface area is 145 Å². The Bertz CT molecular complexity index is 779. The SMILES string of the molecule is CC(CS(=O)(=O)NCC1CCCCC1)c1ccc2ccccc2c1. The van der Waals surface area contributed by atoms with Crippen molar-refractivity contribution in [2.24, 2.45) is 5.92 Å². The molecule has 1 aliphatic carbocycles. The van der Waals surface area contributed by atoms with E-state index >= 15 is 0 Å². The van der Waals surface area contributed by atoms with Crippen LogP contribution in [0.4, 0.5) is 0 Å². The second kappa shape index (κ2) is 7.66. The molecular weight excluding hydrogens is 318 g/mol. The molecule has 4 heteroatoms. The lowest BCUT2D eigenvalue weighted by atomic mass is 9.90. The van der Waals surface area contributed by atoms with Crippen LogP contribution in [0, 0.1) is 5.92 Å². The minimum absolute atomic E-state index is 0.0153. The molecule has 130 valence electrons. The summed E-state index contributed by atoms with van der Waals surface area (Å²) in [5.74, 6) is 0.654. The maximum absolute atomic E-state index is 12.4. The van der Waals surface area contributed by atoms with Crippen LogP contribution in [0.3, 0.4) is 0 Å². The van der Waals surface area contributed by atoms with Gasteiger partial charge in [-0.2, -0.15) is 0 Å². The van der Waals surface area contributed by atoms with Gasteiger partial charge in [-0.25, -0.2) is 13.1 Å². The monoisotopic (exact) mass is 345 g/mol. The number of nitrogens with one attached hydrogen (secondary N) is 1. The van der Waals surface area contributed by atoms with Gasteiger partial charge in [0, 0.05) is 6.54 Å². The fraction of sp³-hybridized carbons (Fsp3) is 0.500. The Morgan fingerprint density at radius 3 is 2.50 bits per heavy atom. The van der Waals surface area contributed by atoms with Crippen molar-refractivity contribution in [1.29, 1.82) is 0 Å². The summed E-state index contributed by atoms with van der Waals surface area (Å²) < 4.78 is 27.7. The third-order valence-electron chi connectivity index (χ3n) is 5.13. The van der Waals surface area contributed by atoms with Crippen molar-refractivity contribution < 1.29 is 8.42 Å². The number of benzene rings is 2. The standard InChI is InChI=1S/C20H27NO2S/c1-16(19-12-11-18-9-5-6-10-20(18)13-19)15-24(22,23)21-14-17-7-3-2-4-8-17/h5-6,9-13,16-17,21H,2-4,7-8,14-15H2,1H3. The van der Waals surface area contributed by atoms with Gasteiger partial charge in [0.15, 0.2) is 0 Å². The molecule has 1 N–H and O–H groups in total. The average Bonchev–Trinajstić information content (AvgIpc) is 2.60. The molecule has 2 aromatic rings. The quantitative estimate of drug-likeness (QED) is 0.841. The van der Waals surface area contributed by atoms with Crippen LogP contribution in [0.25, 0.3) is 10.8 Å². The second-order valence-electron chi connectivity index (χ2n) is 7.14. The molecular formula is C20H27NO2S. The van der Waals surface area contributed by atoms with Gasteiger partial charge in [0.05, 0.1) is 5.75 Å². The highest BCUT2D eigenvalue weighted by molar-refractivity contribution is 7.89. The van der Waals surface area contributed by atoms with Gasteiger partial charge in [-0.3, -0.25) is 0 Å². The largest absolute Gasteiger partial charge is 0.215 e. The smallest absolute Gasteiger partial charge is 0.212 e. The van der Waals surface area contributed by atoms with Crippen molar-refractivity contribution in [3.05, 3.63) is 48.0 Å². The molecule has 1 fully saturated rings. The van der Waals surface area contributed by atoms with Crippen LogP contribution >= 0.6 is 0 Å². The lowest BCUT2D eigenvalue weighted by Gasteiger charge is -2.22. The van der Waals surface area contributed by atoms with E-state index in [-0.39, 0.29) is 11.7 Å². The molecule has 0 radical (unpaired) electrons. The molecule has 0 aliphatic heterocycles. The van der Waals surface area contributed by atoms with E-state index < -0.39 is 10.0 Å². The van der Waals surface area contributed by atoms with E-state index in [1.54, 1.807) is 0 Å². The lowest BCUT2D eigenvalue weighted by Crippen LogP contribution is -2.33. The molecule has 1 atom stereocenters. The Kier molecular flexibility index (Phi) is 5.57. The molecule has 0 aromatic heterocycles. The molecule has 1 unspecified atom stereocenters. The van der Waals surface area contributed by atoms with Crippen LogP contribution in [0.2, 0.25) is 0 Å². The van der Waals surface area contributed by atoms with Crippen LogP contribution in [0.5, 0.6) is 0 Å². The maximum atomic E-state index is 12.4. The summed E-state index contributed by atoms with van der Waals surface area (Å²) in [5, 5.41) is 2.35. The van der Waals surface area contributed by atoms with Crippen molar-refractivity contribution in [1.82, 2.24) is 4.72 Å². The van der Waals surface area contributed by atoms with Crippen molar-refractivity contribution >= 4 is 20.8 Å². The van der Waals surface area contributed by atoms with Crippen LogP contribution in [0.15, 0.2) is 42.5 Å².